The highest BCUT2D eigenvalue weighted by molar-refractivity contribution is 9.10. The second-order valence-electron chi connectivity index (χ2n) is 3.65. The average Bonchev–Trinajstić information content (AvgIpc) is 2.42. The lowest BCUT2D eigenvalue weighted by atomic mass is 10.3. The van der Waals surface area contributed by atoms with Crippen LogP contribution in [-0.2, 0) is 4.79 Å². The molecule has 0 spiro atoms. The predicted molar refractivity (Wildman–Crippen MR) is 77.5 cm³/mol. The van der Waals surface area contributed by atoms with E-state index in [2.05, 4.69) is 26.2 Å². The molecule has 0 aliphatic rings. The molecule has 1 aromatic heterocycles. The van der Waals surface area contributed by atoms with Gasteiger partial charge in [-0.15, -0.1) is 0 Å². The largest absolute Gasteiger partial charge is 0.484 e. The maximum absolute atomic E-state index is 11.7. The number of para-hydroxylation sites is 1. The van der Waals surface area contributed by atoms with E-state index in [9.17, 15) is 4.79 Å². The highest BCUT2D eigenvalue weighted by Gasteiger charge is 2.06. The summed E-state index contributed by atoms with van der Waals surface area (Å²) in [7, 11) is 0. The predicted octanol–water partition coefficient (Wildman–Crippen LogP) is 3.52. The second kappa shape index (κ2) is 6.54. The lowest BCUT2D eigenvalue weighted by Gasteiger charge is -2.07. The second-order valence-corrected chi connectivity index (χ2v) is 4.86. The number of halogens is 2. The molecule has 0 saturated carbocycles. The van der Waals surface area contributed by atoms with Crippen LogP contribution in [0.15, 0.2) is 47.1 Å². The average molecular weight is 342 g/mol. The number of pyridine rings is 1. The molecule has 4 nitrogen and oxygen atoms in total. The van der Waals surface area contributed by atoms with Crippen molar-refractivity contribution < 1.29 is 9.53 Å². The van der Waals surface area contributed by atoms with Crippen LogP contribution in [0.2, 0.25) is 5.15 Å². The van der Waals surface area contributed by atoms with Gasteiger partial charge in [-0.25, -0.2) is 4.98 Å². The molecule has 1 aromatic carbocycles. The number of rotatable bonds is 4. The standard InChI is InChI=1S/C13H10BrClN2O2/c14-11-6-9(7-16-13(11)15)17-12(18)8-19-10-4-2-1-3-5-10/h1-7H,8H2,(H,17,18). The summed E-state index contributed by atoms with van der Waals surface area (Å²) in [4.78, 5) is 15.6. The molecule has 0 fully saturated rings. The number of nitrogens with zero attached hydrogens (tertiary/aromatic N) is 1. The Morgan fingerprint density at radius 3 is 2.79 bits per heavy atom. The first-order valence-electron chi connectivity index (χ1n) is 5.44. The molecule has 0 aliphatic carbocycles. The van der Waals surface area contributed by atoms with Crippen molar-refractivity contribution in [1.82, 2.24) is 4.98 Å². The maximum atomic E-state index is 11.7. The van der Waals surface area contributed by atoms with E-state index < -0.39 is 0 Å². The zero-order chi connectivity index (χ0) is 13.7. The molecule has 98 valence electrons. The zero-order valence-electron chi connectivity index (χ0n) is 9.77. The van der Waals surface area contributed by atoms with Gasteiger partial charge in [-0.05, 0) is 34.1 Å². The molecule has 19 heavy (non-hydrogen) atoms. The molecule has 2 rings (SSSR count). The van der Waals surface area contributed by atoms with Crippen molar-refractivity contribution in [2.45, 2.75) is 0 Å². The highest BCUT2D eigenvalue weighted by Crippen LogP contribution is 2.22. The van der Waals surface area contributed by atoms with E-state index in [0.29, 0.717) is 21.1 Å². The fourth-order valence-corrected chi connectivity index (χ4v) is 1.80. The minimum absolute atomic E-state index is 0.0652. The number of benzene rings is 1. The fraction of sp³-hybridized carbons (Fsp3) is 0.0769. The molecule has 2 aromatic rings. The highest BCUT2D eigenvalue weighted by atomic mass is 79.9. The first kappa shape index (κ1) is 13.8. The lowest BCUT2D eigenvalue weighted by Crippen LogP contribution is -2.20. The number of aromatic nitrogens is 1. The molecule has 1 amide bonds. The summed E-state index contributed by atoms with van der Waals surface area (Å²) in [6.07, 6.45) is 1.48. The van der Waals surface area contributed by atoms with Gasteiger partial charge in [0.05, 0.1) is 16.4 Å². The quantitative estimate of drug-likeness (QED) is 0.866. The number of nitrogens with one attached hydrogen (secondary N) is 1. The fourth-order valence-electron chi connectivity index (χ4n) is 1.35. The van der Waals surface area contributed by atoms with Crippen molar-refractivity contribution in [3.63, 3.8) is 0 Å². The van der Waals surface area contributed by atoms with Crippen LogP contribution in [0.3, 0.4) is 0 Å². The van der Waals surface area contributed by atoms with Crippen LogP contribution in [0.4, 0.5) is 5.69 Å². The van der Waals surface area contributed by atoms with Gasteiger partial charge in [0.25, 0.3) is 5.91 Å². The van der Waals surface area contributed by atoms with Crippen LogP contribution in [0.5, 0.6) is 5.75 Å². The van der Waals surface area contributed by atoms with E-state index in [1.165, 1.54) is 6.20 Å². The molecule has 0 aliphatic heterocycles. The van der Waals surface area contributed by atoms with Crippen LogP contribution in [-0.4, -0.2) is 17.5 Å². The summed E-state index contributed by atoms with van der Waals surface area (Å²) in [5, 5.41) is 3.01. The van der Waals surface area contributed by atoms with Crippen LogP contribution < -0.4 is 10.1 Å². The van der Waals surface area contributed by atoms with Gasteiger partial charge in [-0.1, -0.05) is 29.8 Å². The van der Waals surface area contributed by atoms with Gasteiger partial charge in [-0.2, -0.15) is 0 Å². The summed E-state index contributed by atoms with van der Waals surface area (Å²) in [6, 6.07) is 10.8. The summed E-state index contributed by atoms with van der Waals surface area (Å²) < 4.78 is 5.94. The van der Waals surface area contributed by atoms with E-state index in [-0.39, 0.29) is 12.5 Å². The van der Waals surface area contributed by atoms with Crippen molar-refractivity contribution in [3.05, 3.63) is 52.2 Å². The molecule has 0 saturated heterocycles. The Kier molecular flexibility index (Phi) is 4.76. The van der Waals surface area contributed by atoms with Gasteiger partial charge >= 0.3 is 0 Å². The minimum Gasteiger partial charge on any atom is -0.484 e. The number of carbonyl (C=O) groups is 1. The van der Waals surface area contributed by atoms with Gasteiger partial charge in [0, 0.05) is 0 Å². The molecule has 1 N–H and O–H groups in total. The third-order valence-electron chi connectivity index (χ3n) is 2.19. The molecule has 1 heterocycles. The van der Waals surface area contributed by atoms with Crippen LogP contribution in [0.25, 0.3) is 0 Å². The van der Waals surface area contributed by atoms with E-state index in [1.54, 1.807) is 18.2 Å². The van der Waals surface area contributed by atoms with Gasteiger partial charge in [0.15, 0.2) is 6.61 Å². The maximum Gasteiger partial charge on any atom is 0.262 e. The minimum atomic E-state index is -0.264. The van der Waals surface area contributed by atoms with Crippen molar-refractivity contribution in [2.24, 2.45) is 0 Å². The summed E-state index contributed by atoms with van der Waals surface area (Å²) in [5.41, 5.74) is 0.554. The zero-order valence-corrected chi connectivity index (χ0v) is 12.1. The van der Waals surface area contributed by atoms with E-state index in [0.717, 1.165) is 0 Å². The monoisotopic (exact) mass is 340 g/mol. The normalized spacial score (nSPS) is 10.0. The number of amides is 1. The number of carbonyl (C=O) groups excluding carboxylic acids is 1. The van der Waals surface area contributed by atoms with Crippen LogP contribution in [0.1, 0.15) is 0 Å². The van der Waals surface area contributed by atoms with E-state index in [1.807, 2.05) is 18.2 Å². The first-order valence-corrected chi connectivity index (χ1v) is 6.61. The molecule has 0 unspecified atom stereocenters. The molecule has 6 heteroatoms. The SMILES string of the molecule is O=C(COc1ccccc1)Nc1cnc(Cl)c(Br)c1. The topological polar surface area (TPSA) is 51.2 Å². The van der Waals surface area contributed by atoms with E-state index >= 15 is 0 Å². The Balaban J connectivity index is 1.89. The van der Waals surface area contributed by atoms with Crippen molar-refractivity contribution in [3.8, 4) is 5.75 Å². The molecular formula is C13H10BrClN2O2. The Bertz CT molecular complexity index is 578. The third kappa shape index (κ3) is 4.22. The first-order chi connectivity index (χ1) is 9.15. The summed E-state index contributed by atoms with van der Waals surface area (Å²) in [5.74, 6) is 0.382. The van der Waals surface area contributed by atoms with Gasteiger partial charge in [0.2, 0.25) is 0 Å². The molecule has 0 radical (unpaired) electrons. The molecule has 0 bridgehead atoms. The van der Waals surface area contributed by atoms with Crippen LogP contribution in [0, 0.1) is 0 Å². The van der Waals surface area contributed by atoms with Crippen molar-refractivity contribution >= 4 is 39.1 Å². The molecule has 0 atom stereocenters. The Labute approximate surface area is 123 Å². The smallest absolute Gasteiger partial charge is 0.262 e. The van der Waals surface area contributed by atoms with Crippen molar-refractivity contribution in [2.75, 3.05) is 11.9 Å². The molecular weight excluding hydrogens is 332 g/mol. The number of ether oxygens (including phenoxy) is 1. The summed E-state index contributed by atoms with van der Waals surface area (Å²) >= 11 is 9.00. The van der Waals surface area contributed by atoms with Crippen LogP contribution >= 0.6 is 27.5 Å². The number of hydrogen-bond acceptors (Lipinski definition) is 3. The van der Waals surface area contributed by atoms with E-state index in [4.69, 9.17) is 16.3 Å². The number of anilines is 1. The summed E-state index contributed by atoms with van der Waals surface area (Å²) in [6.45, 7) is -0.0652. The van der Waals surface area contributed by atoms with Gasteiger partial charge in [-0.3, -0.25) is 4.79 Å². The lowest BCUT2D eigenvalue weighted by molar-refractivity contribution is -0.118. The Morgan fingerprint density at radius 2 is 2.11 bits per heavy atom. The Morgan fingerprint density at radius 1 is 1.37 bits per heavy atom. The Hall–Kier alpha value is -1.59. The third-order valence-corrected chi connectivity index (χ3v) is 3.33. The van der Waals surface area contributed by atoms with Crippen molar-refractivity contribution in [1.29, 1.82) is 0 Å². The van der Waals surface area contributed by atoms with Gasteiger partial charge in [0.1, 0.15) is 10.9 Å². The van der Waals surface area contributed by atoms with Gasteiger partial charge < -0.3 is 10.1 Å². The number of hydrogen-bond donors (Lipinski definition) is 1.